The molecule has 0 radical (unpaired) electrons. The Labute approximate surface area is 86.9 Å². The fourth-order valence-corrected chi connectivity index (χ4v) is 1.24. The van der Waals surface area contributed by atoms with Crippen molar-refractivity contribution in [3.8, 4) is 6.07 Å². The van der Waals surface area contributed by atoms with Crippen LogP contribution in [0.25, 0.3) is 0 Å². The van der Waals surface area contributed by atoms with E-state index in [2.05, 4.69) is 0 Å². The third kappa shape index (κ3) is 1.95. The Hall–Kier alpha value is -0.740. The maximum Gasteiger partial charge on any atom is 0.172 e. The standard InChI is InChI=1S/C8H4F2INO/c9-7-4(6(13)3-12)1-2-5(11)8(7)10/h1-2,6,13H. The van der Waals surface area contributed by atoms with Gasteiger partial charge in [0.1, 0.15) is 0 Å². The van der Waals surface area contributed by atoms with Crippen molar-refractivity contribution in [1.29, 1.82) is 5.26 Å². The summed E-state index contributed by atoms with van der Waals surface area (Å²) in [7, 11) is 0. The molecule has 0 saturated carbocycles. The molecule has 0 aromatic heterocycles. The Balaban J connectivity index is 3.28. The first-order valence-corrected chi connectivity index (χ1v) is 4.37. The summed E-state index contributed by atoms with van der Waals surface area (Å²) in [4.78, 5) is 0. The molecule has 1 N–H and O–H groups in total. The Morgan fingerprint density at radius 2 is 2.00 bits per heavy atom. The Kier molecular flexibility index (Phi) is 3.17. The predicted octanol–water partition coefficient (Wildman–Crippen LogP) is 2.13. The average Bonchev–Trinajstić information content (AvgIpc) is 2.13. The van der Waals surface area contributed by atoms with Gasteiger partial charge in [0.15, 0.2) is 17.7 Å². The normalized spacial score (nSPS) is 12.2. The number of hydrogen-bond acceptors (Lipinski definition) is 2. The Morgan fingerprint density at radius 3 is 2.54 bits per heavy atom. The van der Waals surface area contributed by atoms with E-state index >= 15 is 0 Å². The van der Waals surface area contributed by atoms with Crippen molar-refractivity contribution in [3.63, 3.8) is 0 Å². The largest absolute Gasteiger partial charge is 0.374 e. The molecule has 1 aromatic carbocycles. The molecule has 0 aliphatic carbocycles. The van der Waals surface area contributed by atoms with Gasteiger partial charge in [-0.2, -0.15) is 5.26 Å². The highest BCUT2D eigenvalue weighted by Gasteiger charge is 2.17. The maximum absolute atomic E-state index is 13.0. The third-order valence-electron chi connectivity index (χ3n) is 1.48. The van der Waals surface area contributed by atoms with Gasteiger partial charge < -0.3 is 5.11 Å². The third-order valence-corrected chi connectivity index (χ3v) is 2.32. The van der Waals surface area contributed by atoms with Crippen LogP contribution in [0, 0.1) is 26.5 Å². The summed E-state index contributed by atoms with van der Waals surface area (Å²) >= 11 is 1.62. The van der Waals surface area contributed by atoms with Gasteiger partial charge in [0.25, 0.3) is 0 Å². The lowest BCUT2D eigenvalue weighted by molar-refractivity contribution is 0.228. The van der Waals surface area contributed by atoms with E-state index in [1.807, 2.05) is 0 Å². The zero-order valence-electron chi connectivity index (χ0n) is 6.26. The number of rotatable bonds is 1. The van der Waals surface area contributed by atoms with Gasteiger partial charge in [0.05, 0.1) is 9.64 Å². The second-order valence-electron chi connectivity index (χ2n) is 2.30. The second kappa shape index (κ2) is 3.98. The van der Waals surface area contributed by atoms with Crippen molar-refractivity contribution >= 4 is 22.6 Å². The zero-order valence-corrected chi connectivity index (χ0v) is 8.42. The van der Waals surface area contributed by atoms with Crippen LogP contribution in [0.4, 0.5) is 8.78 Å². The predicted molar refractivity (Wildman–Crippen MR) is 49.6 cm³/mol. The van der Waals surface area contributed by atoms with Crippen LogP contribution in [-0.4, -0.2) is 5.11 Å². The topological polar surface area (TPSA) is 44.0 Å². The van der Waals surface area contributed by atoms with Crippen LogP contribution in [-0.2, 0) is 0 Å². The lowest BCUT2D eigenvalue weighted by Crippen LogP contribution is -2.01. The number of halogens is 3. The minimum atomic E-state index is -1.62. The summed E-state index contributed by atoms with van der Waals surface area (Å²) in [6.45, 7) is 0. The molecule has 0 heterocycles. The first-order valence-electron chi connectivity index (χ1n) is 3.29. The molecule has 0 fully saturated rings. The molecular formula is C8H4F2INO. The minimum absolute atomic E-state index is 0.115. The summed E-state index contributed by atoms with van der Waals surface area (Å²) in [6.07, 6.45) is -1.62. The van der Waals surface area contributed by atoms with Crippen molar-refractivity contribution < 1.29 is 13.9 Å². The molecule has 1 aromatic rings. The van der Waals surface area contributed by atoms with Gasteiger partial charge in [-0.25, -0.2) is 8.78 Å². The van der Waals surface area contributed by atoms with Crippen molar-refractivity contribution in [2.45, 2.75) is 6.10 Å². The lowest BCUT2D eigenvalue weighted by Gasteiger charge is -2.05. The lowest BCUT2D eigenvalue weighted by atomic mass is 10.1. The van der Waals surface area contributed by atoms with Gasteiger partial charge >= 0.3 is 0 Å². The number of benzene rings is 1. The van der Waals surface area contributed by atoms with E-state index in [1.165, 1.54) is 18.2 Å². The Bertz CT molecular complexity index is 375. The number of nitriles is 1. The van der Waals surface area contributed by atoms with Gasteiger partial charge in [-0.05, 0) is 28.7 Å². The summed E-state index contributed by atoms with van der Waals surface area (Å²) in [5, 5.41) is 17.2. The smallest absolute Gasteiger partial charge is 0.172 e. The molecule has 1 unspecified atom stereocenters. The van der Waals surface area contributed by atoms with Gasteiger partial charge in [0.2, 0.25) is 0 Å². The molecule has 13 heavy (non-hydrogen) atoms. The molecule has 0 bridgehead atoms. The maximum atomic E-state index is 13.0. The molecule has 0 amide bonds. The van der Waals surface area contributed by atoms with Crippen LogP contribution in [0.2, 0.25) is 0 Å². The minimum Gasteiger partial charge on any atom is -0.374 e. The van der Waals surface area contributed by atoms with Crippen LogP contribution in [0.1, 0.15) is 11.7 Å². The highest BCUT2D eigenvalue weighted by atomic mass is 127. The number of hydrogen-bond donors (Lipinski definition) is 1. The molecular weight excluding hydrogens is 291 g/mol. The van der Waals surface area contributed by atoms with Crippen LogP contribution < -0.4 is 0 Å². The fraction of sp³-hybridized carbons (Fsp3) is 0.125. The number of nitrogens with zero attached hydrogens (tertiary/aromatic N) is 1. The number of aliphatic hydroxyl groups excluding tert-OH is 1. The summed E-state index contributed by atoms with van der Waals surface area (Å²) in [6, 6.07) is 3.90. The van der Waals surface area contributed by atoms with Crippen LogP contribution >= 0.6 is 22.6 Å². The molecule has 0 aliphatic heterocycles. The molecule has 0 aliphatic rings. The molecule has 68 valence electrons. The second-order valence-corrected chi connectivity index (χ2v) is 3.46. The number of aliphatic hydroxyl groups is 1. The average molecular weight is 295 g/mol. The first-order chi connectivity index (χ1) is 6.07. The zero-order chi connectivity index (χ0) is 10.0. The van der Waals surface area contributed by atoms with E-state index in [0.29, 0.717) is 0 Å². The first kappa shape index (κ1) is 10.3. The van der Waals surface area contributed by atoms with E-state index in [0.717, 1.165) is 0 Å². The van der Waals surface area contributed by atoms with E-state index in [4.69, 9.17) is 10.4 Å². The van der Waals surface area contributed by atoms with E-state index in [-0.39, 0.29) is 9.13 Å². The molecule has 1 rings (SSSR count). The van der Waals surface area contributed by atoms with Crippen molar-refractivity contribution in [2.24, 2.45) is 0 Å². The fourth-order valence-electron chi connectivity index (χ4n) is 0.822. The van der Waals surface area contributed by atoms with E-state index in [9.17, 15) is 8.78 Å². The summed E-state index contributed by atoms with van der Waals surface area (Å²) in [5.74, 6) is -2.20. The van der Waals surface area contributed by atoms with Gasteiger partial charge in [-0.3, -0.25) is 0 Å². The van der Waals surface area contributed by atoms with Gasteiger partial charge in [0, 0.05) is 5.56 Å². The summed E-state index contributed by atoms with van der Waals surface area (Å²) < 4.78 is 26.0. The molecule has 5 heteroatoms. The monoisotopic (exact) mass is 295 g/mol. The SMILES string of the molecule is N#CC(O)c1ccc(I)c(F)c1F. The van der Waals surface area contributed by atoms with Crippen molar-refractivity contribution in [3.05, 3.63) is 32.9 Å². The van der Waals surface area contributed by atoms with Crippen molar-refractivity contribution in [1.82, 2.24) is 0 Å². The highest BCUT2D eigenvalue weighted by Crippen LogP contribution is 2.22. The van der Waals surface area contributed by atoms with Crippen LogP contribution in [0.5, 0.6) is 0 Å². The van der Waals surface area contributed by atoms with Gasteiger partial charge in [-0.1, -0.05) is 6.07 Å². The quantitative estimate of drug-likeness (QED) is 0.490. The molecule has 1 atom stereocenters. The molecule has 2 nitrogen and oxygen atoms in total. The Morgan fingerprint density at radius 1 is 1.38 bits per heavy atom. The van der Waals surface area contributed by atoms with Crippen molar-refractivity contribution in [2.75, 3.05) is 0 Å². The summed E-state index contributed by atoms with van der Waals surface area (Å²) in [5.41, 5.74) is -0.333. The highest BCUT2D eigenvalue weighted by molar-refractivity contribution is 14.1. The van der Waals surface area contributed by atoms with E-state index in [1.54, 1.807) is 22.6 Å². The molecule has 0 saturated heterocycles. The van der Waals surface area contributed by atoms with Crippen LogP contribution in [0.3, 0.4) is 0 Å². The van der Waals surface area contributed by atoms with Crippen LogP contribution in [0.15, 0.2) is 12.1 Å². The van der Waals surface area contributed by atoms with Gasteiger partial charge in [-0.15, -0.1) is 0 Å². The molecule has 0 spiro atoms. The van der Waals surface area contributed by atoms with E-state index < -0.39 is 17.7 Å².